The molecule has 0 aromatic heterocycles. The van der Waals surface area contributed by atoms with E-state index < -0.39 is 5.60 Å². The Kier molecular flexibility index (Phi) is 2.97. The number of benzene rings is 1. The lowest BCUT2D eigenvalue weighted by atomic mass is 9.47. The number of hydrogen-bond acceptors (Lipinski definition) is 4. The molecule has 4 bridgehead atoms. The van der Waals surface area contributed by atoms with Crippen molar-refractivity contribution in [3.8, 4) is 11.5 Å². The van der Waals surface area contributed by atoms with Crippen LogP contribution in [-0.2, 0) is 11.3 Å². The topological polar surface area (TPSA) is 67.8 Å². The molecule has 4 fully saturated rings. The molecule has 6 rings (SSSR count). The first-order chi connectivity index (χ1) is 11.5. The summed E-state index contributed by atoms with van der Waals surface area (Å²) < 4.78 is 10.7. The van der Waals surface area contributed by atoms with Gasteiger partial charge in [0.2, 0.25) is 12.7 Å². The van der Waals surface area contributed by atoms with Gasteiger partial charge in [-0.2, -0.15) is 0 Å². The van der Waals surface area contributed by atoms with Gasteiger partial charge >= 0.3 is 0 Å². The van der Waals surface area contributed by atoms with E-state index in [-0.39, 0.29) is 18.1 Å². The van der Waals surface area contributed by atoms with Crippen molar-refractivity contribution in [3.05, 3.63) is 23.8 Å². The number of hydrogen-bond donors (Lipinski definition) is 2. The number of carbonyl (C=O) groups is 1. The van der Waals surface area contributed by atoms with E-state index in [9.17, 15) is 9.90 Å². The summed E-state index contributed by atoms with van der Waals surface area (Å²) in [6.45, 7) is 0.751. The van der Waals surface area contributed by atoms with Crippen LogP contribution in [0.1, 0.15) is 44.1 Å². The summed E-state index contributed by atoms with van der Waals surface area (Å²) in [5.41, 5.74) is 0.0612. The van der Waals surface area contributed by atoms with E-state index in [1.807, 2.05) is 18.2 Å². The van der Waals surface area contributed by atoms with Crippen molar-refractivity contribution in [2.45, 2.75) is 50.7 Å². The third-order valence-electron chi connectivity index (χ3n) is 6.40. The summed E-state index contributed by atoms with van der Waals surface area (Å²) in [5, 5.41) is 13.9. The fraction of sp³-hybridized carbons (Fsp3) is 0.632. The Hall–Kier alpha value is -1.75. The average Bonchev–Trinajstić information content (AvgIpc) is 2.97. The molecule has 0 saturated heterocycles. The van der Waals surface area contributed by atoms with Gasteiger partial charge in [0.15, 0.2) is 11.5 Å². The second-order valence-electron chi connectivity index (χ2n) is 8.34. The molecule has 1 aromatic carbocycles. The molecule has 1 amide bonds. The number of ether oxygens (including phenoxy) is 2. The van der Waals surface area contributed by atoms with Gasteiger partial charge in [0, 0.05) is 6.54 Å². The minimum atomic E-state index is -0.597. The normalized spacial score (nSPS) is 38.4. The zero-order valence-electron chi connectivity index (χ0n) is 13.7. The Balaban J connectivity index is 1.30. The number of carbonyl (C=O) groups excluding carboxylic acids is 1. The standard InChI is InChI=1S/C19H23NO4/c21-17(20-9-12-1-2-15-16(4-12)24-11-23-15)18-5-13-3-14(6-18)8-19(22,7-13)10-18/h1-2,4,13-14,22H,3,5-11H2,(H,20,21)/t13-,14-,18?,19?/m1/s1. The molecule has 0 unspecified atom stereocenters. The van der Waals surface area contributed by atoms with Crippen molar-refractivity contribution >= 4 is 5.91 Å². The lowest BCUT2D eigenvalue weighted by Gasteiger charge is -2.59. The molecule has 2 N–H and O–H groups in total. The van der Waals surface area contributed by atoms with E-state index in [2.05, 4.69) is 5.32 Å². The Morgan fingerprint density at radius 3 is 2.67 bits per heavy atom. The van der Waals surface area contributed by atoms with Crippen LogP contribution in [0.3, 0.4) is 0 Å². The molecule has 5 aliphatic rings. The maximum atomic E-state index is 13.0. The van der Waals surface area contributed by atoms with Crippen molar-refractivity contribution in [1.29, 1.82) is 0 Å². The summed E-state index contributed by atoms with van der Waals surface area (Å²) in [6, 6.07) is 5.77. The molecule has 24 heavy (non-hydrogen) atoms. The van der Waals surface area contributed by atoms with E-state index in [4.69, 9.17) is 9.47 Å². The zero-order chi connectivity index (χ0) is 16.4. The van der Waals surface area contributed by atoms with Gasteiger partial charge in [-0.25, -0.2) is 0 Å². The Morgan fingerprint density at radius 2 is 1.92 bits per heavy atom. The SMILES string of the molecule is O=C(NCc1ccc2c(c1)OCO2)C12C[C@H]3C[C@@H](CC(O)(C3)C1)C2. The van der Waals surface area contributed by atoms with E-state index in [1.54, 1.807) is 0 Å². The lowest BCUT2D eigenvalue weighted by molar-refractivity contribution is -0.178. The molecule has 128 valence electrons. The van der Waals surface area contributed by atoms with Gasteiger partial charge in [0.25, 0.3) is 0 Å². The molecule has 0 spiro atoms. The fourth-order valence-corrected chi connectivity index (χ4v) is 5.90. The van der Waals surface area contributed by atoms with Crippen LogP contribution in [-0.4, -0.2) is 23.4 Å². The average molecular weight is 329 g/mol. The highest BCUT2D eigenvalue weighted by atomic mass is 16.7. The molecule has 4 aliphatic carbocycles. The maximum absolute atomic E-state index is 13.0. The van der Waals surface area contributed by atoms with Crippen molar-refractivity contribution in [3.63, 3.8) is 0 Å². The number of rotatable bonds is 3. The Labute approximate surface area is 141 Å². The van der Waals surface area contributed by atoms with Gasteiger partial charge in [-0.15, -0.1) is 0 Å². The van der Waals surface area contributed by atoms with Crippen LogP contribution < -0.4 is 14.8 Å². The zero-order valence-corrected chi connectivity index (χ0v) is 13.7. The highest BCUT2D eigenvalue weighted by Crippen LogP contribution is 2.61. The smallest absolute Gasteiger partial charge is 0.231 e. The fourth-order valence-electron chi connectivity index (χ4n) is 5.90. The van der Waals surface area contributed by atoms with Crippen LogP contribution in [0.25, 0.3) is 0 Å². The quantitative estimate of drug-likeness (QED) is 0.893. The van der Waals surface area contributed by atoms with Crippen molar-refractivity contribution in [2.75, 3.05) is 6.79 Å². The van der Waals surface area contributed by atoms with E-state index in [1.165, 1.54) is 6.42 Å². The summed E-state index contributed by atoms with van der Waals surface area (Å²) in [4.78, 5) is 13.0. The van der Waals surface area contributed by atoms with Crippen LogP contribution in [0.2, 0.25) is 0 Å². The molecular formula is C19H23NO4. The summed E-state index contributed by atoms with van der Waals surface area (Å²) in [5.74, 6) is 2.66. The van der Waals surface area contributed by atoms with E-state index in [0.717, 1.165) is 42.7 Å². The monoisotopic (exact) mass is 329 g/mol. The number of fused-ring (bicyclic) bond motifs is 1. The predicted molar refractivity (Wildman–Crippen MR) is 86.5 cm³/mol. The van der Waals surface area contributed by atoms with E-state index in [0.29, 0.717) is 24.8 Å². The molecule has 5 heteroatoms. The van der Waals surface area contributed by atoms with Crippen LogP contribution in [0.4, 0.5) is 0 Å². The Morgan fingerprint density at radius 1 is 1.17 bits per heavy atom. The number of nitrogens with one attached hydrogen (secondary N) is 1. The van der Waals surface area contributed by atoms with Crippen molar-refractivity contribution in [2.24, 2.45) is 17.3 Å². The highest BCUT2D eigenvalue weighted by Gasteiger charge is 2.60. The first-order valence-electron chi connectivity index (χ1n) is 8.93. The van der Waals surface area contributed by atoms with Gasteiger partial charge in [0.1, 0.15) is 0 Å². The van der Waals surface area contributed by atoms with E-state index >= 15 is 0 Å². The number of amides is 1. The van der Waals surface area contributed by atoms with Crippen molar-refractivity contribution < 1.29 is 19.4 Å². The largest absolute Gasteiger partial charge is 0.454 e. The molecule has 1 aliphatic heterocycles. The molecule has 2 atom stereocenters. The van der Waals surface area contributed by atoms with Crippen LogP contribution in [0.15, 0.2) is 18.2 Å². The predicted octanol–water partition coefficient (Wildman–Crippen LogP) is 2.36. The molecule has 0 radical (unpaired) electrons. The number of aliphatic hydroxyl groups is 1. The Bertz CT molecular complexity index is 687. The second kappa shape index (κ2) is 4.88. The summed E-state index contributed by atoms with van der Waals surface area (Å²) in [6.07, 6.45) is 5.50. The van der Waals surface area contributed by atoms with Gasteiger partial charge in [-0.05, 0) is 68.1 Å². The molecule has 1 aromatic rings. The van der Waals surface area contributed by atoms with Gasteiger partial charge in [-0.3, -0.25) is 4.79 Å². The van der Waals surface area contributed by atoms with Crippen LogP contribution in [0, 0.1) is 17.3 Å². The lowest BCUT2D eigenvalue weighted by Crippen LogP contribution is -2.60. The van der Waals surface area contributed by atoms with Gasteiger partial charge in [0.05, 0.1) is 11.0 Å². The third-order valence-corrected chi connectivity index (χ3v) is 6.40. The minimum absolute atomic E-state index is 0.118. The van der Waals surface area contributed by atoms with Crippen molar-refractivity contribution in [1.82, 2.24) is 5.32 Å². The van der Waals surface area contributed by atoms with Gasteiger partial charge < -0.3 is 19.9 Å². The minimum Gasteiger partial charge on any atom is -0.454 e. The summed E-state index contributed by atoms with van der Waals surface area (Å²) >= 11 is 0. The molecule has 5 nitrogen and oxygen atoms in total. The molecular weight excluding hydrogens is 306 g/mol. The van der Waals surface area contributed by atoms with Gasteiger partial charge in [-0.1, -0.05) is 6.07 Å². The third kappa shape index (κ3) is 2.21. The first-order valence-corrected chi connectivity index (χ1v) is 8.93. The van der Waals surface area contributed by atoms with Crippen LogP contribution >= 0.6 is 0 Å². The molecule has 4 saturated carbocycles. The van der Waals surface area contributed by atoms with Crippen LogP contribution in [0.5, 0.6) is 11.5 Å². The summed E-state index contributed by atoms with van der Waals surface area (Å²) in [7, 11) is 0. The highest BCUT2D eigenvalue weighted by molar-refractivity contribution is 5.83. The first kappa shape index (κ1) is 14.6. The molecule has 1 heterocycles. The second-order valence-corrected chi connectivity index (χ2v) is 8.34. The maximum Gasteiger partial charge on any atom is 0.231 e.